The van der Waals surface area contributed by atoms with Crippen LogP contribution in [-0.4, -0.2) is 23.8 Å². The molecule has 10 heteroatoms. The molecule has 0 unspecified atom stereocenters. The van der Waals surface area contributed by atoms with Crippen LogP contribution in [0.2, 0.25) is 0 Å². The van der Waals surface area contributed by atoms with Crippen LogP contribution in [0.1, 0.15) is 11.3 Å². The maximum absolute atomic E-state index is 12.8. The van der Waals surface area contributed by atoms with E-state index in [4.69, 9.17) is 13.4 Å². The summed E-state index contributed by atoms with van der Waals surface area (Å²) in [5.74, 6) is 0.920. The Morgan fingerprint density at radius 3 is 2.77 bits per heavy atom. The summed E-state index contributed by atoms with van der Waals surface area (Å²) in [6.07, 6.45) is 2.56. The number of furan rings is 2. The molecule has 0 saturated carbocycles. The van der Waals surface area contributed by atoms with Crippen molar-refractivity contribution in [2.45, 2.75) is 18.2 Å². The van der Waals surface area contributed by atoms with E-state index in [0.29, 0.717) is 17.1 Å². The molecule has 26 heavy (non-hydrogen) atoms. The summed E-state index contributed by atoms with van der Waals surface area (Å²) in [6.45, 7) is 3.51. The van der Waals surface area contributed by atoms with Gasteiger partial charge < -0.3 is 13.4 Å². The summed E-state index contributed by atoms with van der Waals surface area (Å²) < 4.78 is 42.6. The third-order valence-electron chi connectivity index (χ3n) is 3.85. The molecule has 134 valence electrons. The van der Waals surface area contributed by atoms with Gasteiger partial charge in [0.05, 0.1) is 12.7 Å². The van der Waals surface area contributed by atoms with Crippen molar-refractivity contribution in [2.24, 2.45) is 0 Å². The minimum absolute atomic E-state index is 0.0416. The zero-order valence-corrected chi connectivity index (χ0v) is 14.2. The molecule has 0 aliphatic carbocycles. The second kappa shape index (κ2) is 6.00. The average molecular weight is 375 g/mol. The molecule has 1 aliphatic rings. The number of rotatable bonds is 5. The Morgan fingerprint density at radius 1 is 1.23 bits per heavy atom. The average Bonchev–Trinajstić information content (AvgIpc) is 3.35. The molecule has 1 amide bonds. The zero-order chi connectivity index (χ0) is 18.3. The Hall–Kier alpha value is -3.11. The normalized spacial score (nSPS) is 14.3. The fourth-order valence-corrected chi connectivity index (χ4v) is 3.89. The monoisotopic (exact) mass is 375 g/mol. The lowest BCUT2D eigenvalue weighted by Gasteiger charge is -2.13. The number of nitrogens with zero attached hydrogens (tertiary/aromatic N) is 2. The Bertz CT molecular complexity index is 1050. The van der Waals surface area contributed by atoms with Gasteiger partial charge in [-0.25, -0.2) is 8.42 Å². The lowest BCUT2D eigenvalue weighted by atomic mass is 10.3. The highest BCUT2D eigenvalue weighted by atomic mass is 32.2. The van der Waals surface area contributed by atoms with Crippen LogP contribution < -0.4 is 5.32 Å². The zero-order valence-electron chi connectivity index (χ0n) is 13.3. The Labute approximate surface area is 147 Å². The summed E-state index contributed by atoms with van der Waals surface area (Å²) in [5, 5.41) is 5.86. The predicted molar refractivity (Wildman–Crippen MR) is 88.2 cm³/mol. The van der Waals surface area contributed by atoms with Crippen molar-refractivity contribution >= 4 is 21.8 Å². The van der Waals surface area contributed by atoms with Crippen LogP contribution in [0.15, 0.2) is 61.6 Å². The van der Waals surface area contributed by atoms with Gasteiger partial charge in [0.15, 0.2) is 11.6 Å². The van der Waals surface area contributed by atoms with E-state index in [0.717, 1.165) is 6.08 Å². The summed E-state index contributed by atoms with van der Waals surface area (Å²) >= 11 is 0. The van der Waals surface area contributed by atoms with Crippen LogP contribution in [0.25, 0.3) is 11.5 Å². The third-order valence-corrected chi connectivity index (χ3v) is 5.52. The maximum atomic E-state index is 12.8. The number of hydrogen-bond acceptors (Lipinski definition) is 7. The first-order chi connectivity index (χ1) is 12.5. The molecule has 9 nitrogen and oxygen atoms in total. The van der Waals surface area contributed by atoms with Crippen molar-refractivity contribution in [3.63, 3.8) is 0 Å². The molecule has 0 fully saturated rings. The largest absolute Gasteiger partial charge is 0.444 e. The highest BCUT2D eigenvalue weighted by molar-refractivity contribution is 7.89. The quantitative estimate of drug-likeness (QED) is 0.680. The van der Waals surface area contributed by atoms with E-state index in [1.807, 2.05) is 0 Å². The van der Waals surface area contributed by atoms with E-state index in [1.165, 1.54) is 22.6 Å². The number of carbonyl (C=O) groups excluding carboxylic acids is 1. The van der Waals surface area contributed by atoms with Gasteiger partial charge in [-0.05, 0) is 18.2 Å². The Kier molecular flexibility index (Phi) is 3.78. The fraction of sp³-hybridized carbons (Fsp3) is 0.125. The molecule has 1 aliphatic heterocycles. The van der Waals surface area contributed by atoms with Crippen LogP contribution >= 0.6 is 0 Å². The van der Waals surface area contributed by atoms with Gasteiger partial charge in [-0.2, -0.15) is 4.31 Å². The molecule has 4 rings (SSSR count). The molecule has 0 radical (unpaired) electrons. The van der Waals surface area contributed by atoms with Crippen LogP contribution in [0, 0.1) is 0 Å². The number of amides is 1. The molecular weight excluding hydrogens is 362 g/mol. The number of hydrogen-bond donors (Lipinski definition) is 1. The molecule has 0 atom stereocenters. The van der Waals surface area contributed by atoms with E-state index in [9.17, 15) is 13.2 Å². The minimum atomic E-state index is -3.85. The van der Waals surface area contributed by atoms with Crippen LogP contribution in [0.4, 0.5) is 5.88 Å². The molecular formula is C16H13N3O6S. The highest BCUT2D eigenvalue weighted by Gasteiger charge is 2.35. The summed E-state index contributed by atoms with van der Waals surface area (Å²) in [6, 6.07) is 6.03. The molecule has 3 aromatic heterocycles. The van der Waals surface area contributed by atoms with Crippen molar-refractivity contribution in [2.75, 3.05) is 5.32 Å². The number of fused-ring (bicyclic) bond motifs is 1. The summed E-state index contributed by atoms with van der Waals surface area (Å²) in [5.41, 5.74) is 0.676. The Morgan fingerprint density at radius 2 is 2.08 bits per heavy atom. The van der Waals surface area contributed by atoms with Crippen molar-refractivity contribution in [1.29, 1.82) is 0 Å². The maximum Gasteiger partial charge on any atom is 0.277 e. The first-order valence-electron chi connectivity index (χ1n) is 7.53. The van der Waals surface area contributed by atoms with Crippen LogP contribution in [-0.2, 0) is 27.9 Å². The van der Waals surface area contributed by atoms with Gasteiger partial charge in [-0.15, -0.1) is 0 Å². The first-order valence-corrected chi connectivity index (χ1v) is 8.97. The topological polar surface area (TPSA) is 119 Å². The molecule has 4 heterocycles. The minimum Gasteiger partial charge on any atom is -0.444 e. The molecule has 0 aromatic carbocycles. The van der Waals surface area contributed by atoms with Gasteiger partial charge in [0, 0.05) is 24.2 Å². The van der Waals surface area contributed by atoms with Crippen molar-refractivity contribution in [1.82, 2.24) is 9.46 Å². The molecule has 0 saturated heterocycles. The number of aromatic nitrogens is 1. The molecule has 1 N–H and O–H groups in total. The van der Waals surface area contributed by atoms with Gasteiger partial charge in [0.2, 0.25) is 16.8 Å². The number of carbonyl (C=O) groups is 1. The van der Waals surface area contributed by atoms with Gasteiger partial charge in [-0.1, -0.05) is 11.7 Å². The predicted octanol–water partition coefficient (Wildman–Crippen LogP) is 2.36. The lowest BCUT2D eigenvalue weighted by Crippen LogP contribution is -2.25. The highest BCUT2D eigenvalue weighted by Crippen LogP contribution is 2.34. The molecule has 0 spiro atoms. The van der Waals surface area contributed by atoms with Crippen molar-refractivity contribution in [3.05, 3.63) is 54.4 Å². The fourth-order valence-electron chi connectivity index (χ4n) is 2.61. The van der Waals surface area contributed by atoms with Crippen molar-refractivity contribution < 1.29 is 26.6 Å². The lowest BCUT2D eigenvalue weighted by molar-refractivity contribution is -0.112. The summed E-state index contributed by atoms with van der Waals surface area (Å²) in [4.78, 5) is 11.3. The van der Waals surface area contributed by atoms with E-state index < -0.39 is 15.9 Å². The SMILES string of the molecule is C=CC(=O)Nc1cc2c(o1)CN(S(=O)(=O)c1ccc(-c3ccno3)o1)C2. The van der Waals surface area contributed by atoms with Gasteiger partial charge in [-0.3, -0.25) is 10.1 Å². The molecule has 0 bridgehead atoms. The van der Waals surface area contributed by atoms with Gasteiger partial charge in [0.1, 0.15) is 5.76 Å². The van der Waals surface area contributed by atoms with E-state index in [-0.39, 0.29) is 29.8 Å². The second-order valence-electron chi connectivity index (χ2n) is 5.52. The van der Waals surface area contributed by atoms with Crippen LogP contribution in [0.3, 0.4) is 0 Å². The van der Waals surface area contributed by atoms with Crippen molar-refractivity contribution in [3.8, 4) is 11.5 Å². The second-order valence-corrected chi connectivity index (χ2v) is 7.39. The number of nitrogens with one attached hydrogen (secondary N) is 1. The van der Waals surface area contributed by atoms with Crippen LogP contribution in [0.5, 0.6) is 0 Å². The Balaban J connectivity index is 1.53. The smallest absolute Gasteiger partial charge is 0.277 e. The third kappa shape index (κ3) is 2.74. The van der Waals surface area contributed by atoms with E-state index >= 15 is 0 Å². The first kappa shape index (κ1) is 16.4. The van der Waals surface area contributed by atoms with E-state index in [1.54, 1.807) is 12.1 Å². The van der Waals surface area contributed by atoms with E-state index in [2.05, 4.69) is 17.1 Å². The van der Waals surface area contributed by atoms with Gasteiger partial charge >= 0.3 is 0 Å². The number of anilines is 1. The standard InChI is InChI=1S/C16H13N3O6S/c1-2-14(20)18-15-7-10-8-19(9-13(10)23-15)26(21,22)16-4-3-11(24-16)12-5-6-17-25-12/h2-7H,1,8-9H2,(H,18,20). The number of sulfonamides is 1. The summed E-state index contributed by atoms with van der Waals surface area (Å²) in [7, 11) is -3.85. The molecule has 3 aromatic rings. The van der Waals surface area contributed by atoms with Gasteiger partial charge in [0.25, 0.3) is 10.0 Å².